The zero-order chi connectivity index (χ0) is 20.3. The topological polar surface area (TPSA) is 66.4 Å². The van der Waals surface area contributed by atoms with E-state index in [9.17, 15) is 22.9 Å². The van der Waals surface area contributed by atoms with E-state index in [1.807, 2.05) is 6.92 Å². The van der Waals surface area contributed by atoms with E-state index in [0.29, 0.717) is 6.42 Å². The summed E-state index contributed by atoms with van der Waals surface area (Å²) < 4.78 is 43.0. The van der Waals surface area contributed by atoms with Gasteiger partial charge in [-0.3, -0.25) is 4.79 Å². The van der Waals surface area contributed by atoms with Crippen molar-refractivity contribution in [3.05, 3.63) is 35.4 Å². The van der Waals surface area contributed by atoms with Crippen LogP contribution >= 0.6 is 12.6 Å². The molecule has 0 heterocycles. The van der Waals surface area contributed by atoms with Crippen molar-refractivity contribution in [2.45, 2.75) is 63.0 Å². The number of rotatable bonds is 8. The molecule has 26 heavy (non-hydrogen) atoms. The molecule has 0 bridgehead atoms. The number of nitrogens with one attached hydrogen (secondary N) is 1. The predicted octanol–water partition coefficient (Wildman–Crippen LogP) is 4.03. The van der Waals surface area contributed by atoms with Gasteiger partial charge in [0.05, 0.1) is 27.2 Å². The minimum atomic E-state index is -1.61. The van der Waals surface area contributed by atoms with Gasteiger partial charge in [-0.2, -0.15) is 12.6 Å². The SMILES string of the molecule is CCC(S)[C@](CC(C)C(=O)O)(NS(=O)C(C)(C)C)c1cc(F)cc(F)c1. The zero-order valence-corrected chi connectivity index (χ0v) is 17.4. The molecule has 1 aromatic rings. The van der Waals surface area contributed by atoms with Crippen molar-refractivity contribution in [3.8, 4) is 0 Å². The van der Waals surface area contributed by atoms with E-state index in [0.717, 1.165) is 18.2 Å². The maximum absolute atomic E-state index is 13.9. The largest absolute Gasteiger partial charge is 0.481 e. The standard InChI is InChI=1S/C18H27F2NO3S2/c1-6-15(25)18(10-11(2)16(22)23,21-26(24)17(3,4)5)12-7-13(19)9-14(20)8-12/h7-9,11,15,21,25H,6,10H2,1-5H3,(H,22,23)/t11?,15?,18-,26?/m1/s1. The van der Waals surface area contributed by atoms with Gasteiger partial charge < -0.3 is 5.11 Å². The number of thiol groups is 1. The molecule has 0 saturated heterocycles. The molecule has 8 heteroatoms. The minimum absolute atomic E-state index is 0.0188. The Balaban J connectivity index is 3.61. The van der Waals surface area contributed by atoms with Crippen molar-refractivity contribution in [1.29, 1.82) is 0 Å². The first-order valence-electron chi connectivity index (χ1n) is 8.40. The molecule has 0 spiro atoms. The number of aliphatic carboxylic acids is 1. The van der Waals surface area contributed by atoms with Crippen molar-refractivity contribution in [1.82, 2.24) is 4.72 Å². The molecular weight excluding hydrogens is 380 g/mol. The van der Waals surface area contributed by atoms with Gasteiger partial charge in [0.2, 0.25) is 0 Å². The van der Waals surface area contributed by atoms with E-state index in [4.69, 9.17) is 0 Å². The summed E-state index contributed by atoms with van der Waals surface area (Å²) in [4.78, 5) is 11.5. The van der Waals surface area contributed by atoms with Crippen LogP contribution < -0.4 is 4.72 Å². The third-order valence-corrected chi connectivity index (χ3v) is 6.68. The second kappa shape index (κ2) is 8.80. The summed E-state index contributed by atoms with van der Waals surface area (Å²) >= 11 is 4.57. The molecule has 0 aliphatic heterocycles. The molecule has 148 valence electrons. The molecule has 0 aliphatic carbocycles. The van der Waals surface area contributed by atoms with E-state index < -0.39 is 50.0 Å². The summed E-state index contributed by atoms with van der Waals surface area (Å²) in [6, 6.07) is 3.03. The van der Waals surface area contributed by atoms with Crippen molar-refractivity contribution < 1.29 is 22.9 Å². The molecule has 1 rings (SSSR count). The lowest BCUT2D eigenvalue weighted by atomic mass is 9.79. The van der Waals surface area contributed by atoms with Crippen LogP contribution in [0.4, 0.5) is 8.78 Å². The molecule has 0 saturated carbocycles. The van der Waals surface area contributed by atoms with Crippen LogP contribution in [0.15, 0.2) is 18.2 Å². The molecule has 0 aromatic heterocycles. The van der Waals surface area contributed by atoms with Crippen LogP contribution in [0.1, 0.15) is 53.0 Å². The number of hydrogen-bond donors (Lipinski definition) is 3. The molecule has 0 fully saturated rings. The zero-order valence-electron chi connectivity index (χ0n) is 15.7. The van der Waals surface area contributed by atoms with Gasteiger partial charge in [-0.25, -0.2) is 17.7 Å². The molecule has 3 unspecified atom stereocenters. The van der Waals surface area contributed by atoms with Crippen LogP contribution in [-0.4, -0.2) is 25.3 Å². The molecule has 0 amide bonds. The maximum Gasteiger partial charge on any atom is 0.306 e. The Labute approximate surface area is 161 Å². The Bertz CT molecular complexity index is 659. The summed E-state index contributed by atoms with van der Waals surface area (Å²) in [7, 11) is -1.61. The van der Waals surface area contributed by atoms with Gasteiger partial charge in [0.1, 0.15) is 11.6 Å². The van der Waals surface area contributed by atoms with E-state index in [1.54, 1.807) is 20.8 Å². The Kier molecular flexibility index (Phi) is 7.80. The highest BCUT2D eigenvalue weighted by Crippen LogP contribution is 2.38. The van der Waals surface area contributed by atoms with Gasteiger partial charge in [0.15, 0.2) is 0 Å². The normalized spacial score (nSPS) is 18.0. The fourth-order valence-electron chi connectivity index (χ4n) is 2.66. The molecule has 1 aromatic carbocycles. The highest BCUT2D eigenvalue weighted by Gasteiger charge is 2.43. The van der Waals surface area contributed by atoms with Gasteiger partial charge >= 0.3 is 5.97 Å². The second-order valence-corrected chi connectivity index (χ2v) is 10.1. The average molecular weight is 408 g/mol. The van der Waals surface area contributed by atoms with Gasteiger partial charge in [-0.05, 0) is 51.3 Å². The van der Waals surface area contributed by atoms with Crippen LogP contribution in [0.5, 0.6) is 0 Å². The van der Waals surface area contributed by atoms with E-state index >= 15 is 0 Å². The Morgan fingerprint density at radius 3 is 2.15 bits per heavy atom. The number of carbonyl (C=O) groups is 1. The minimum Gasteiger partial charge on any atom is -0.481 e. The number of carboxylic acids is 1. The molecule has 0 radical (unpaired) electrons. The number of halogens is 2. The highest BCUT2D eigenvalue weighted by molar-refractivity contribution is 7.84. The first-order chi connectivity index (χ1) is 11.8. The van der Waals surface area contributed by atoms with Crippen LogP contribution in [0.25, 0.3) is 0 Å². The molecule has 4 nitrogen and oxygen atoms in total. The fourth-order valence-corrected chi connectivity index (χ4v) is 4.05. The van der Waals surface area contributed by atoms with Gasteiger partial charge in [-0.1, -0.05) is 13.8 Å². The Hall–Kier alpha value is -0.990. The lowest BCUT2D eigenvalue weighted by Crippen LogP contribution is -2.54. The lowest BCUT2D eigenvalue weighted by Gasteiger charge is -2.42. The summed E-state index contributed by atoms with van der Waals surface area (Å²) in [6.45, 7) is 8.60. The predicted molar refractivity (Wildman–Crippen MR) is 104 cm³/mol. The Morgan fingerprint density at radius 1 is 1.27 bits per heavy atom. The van der Waals surface area contributed by atoms with Gasteiger partial charge in [0, 0.05) is 11.3 Å². The molecule has 4 atom stereocenters. The first kappa shape index (κ1) is 23.0. The summed E-state index contributed by atoms with van der Waals surface area (Å²) in [5.41, 5.74) is -1.08. The first-order valence-corrected chi connectivity index (χ1v) is 10.1. The smallest absolute Gasteiger partial charge is 0.306 e. The van der Waals surface area contributed by atoms with E-state index in [2.05, 4.69) is 17.4 Å². The van der Waals surface area contributed by atoms with Gasteiger partial charge in [0.25, 0.3) is 0 Å². The quantitative estimate of drug-likeness (QED) is 0.570. The Morgan fingerprint density at radius 2 is 1.77 bits per heavy atom. The van der Waals surface area contributed by atoms with Crippen molar-refractivity contribution in [3.63, 3.8) is 0 Å². The molecular formula is C18H27F2NO3S2. The van der Waals surface area contributed by atoms with Crippen LogP contribution in [0.2, 0.25) is 0 Å². The van der Waals surface area contributed by atoms with Crippen molar-refractivity contribution >= 4 is 29.6 Å². The van der Waals surface area contributed by atoms with E-state index in [1.165, 1.54) is 6.92 Å². The lowest BCUT2D eigenvalue weighted by molar-refractivity contribution is -0.141. The van der Waals surface area contributed by atoms with Crippen molar-refractivity contribution in [2.75, 3.05) is 0 Å². The highest BCUT2D eigenvalue weighted by atomic mass is 32.2. The fraction of sp³-hybridized carbons (Fsp3) is 0.611. The van der Waals surface area contributed by atoms with E-state index in [-0.39, 0.29) is 12.0 Å². The maximum atomic E-state index is 13.9. The van der Waals surface area contributed by atoms with Crippen molar-refractivity contribution in [2.24, 2.45) is 5.92 Å². The third-order valence-electron chi connectivity index (χ3n) is 4.21. The molecule has 0 aliphatic rings. The second-order valence-electron chi connectivity index (χ2n) is 7.48. The summed E-state index contributed by atoms with van der Waals surface area (Å²) in [5, 5.41) is 8.86. The molecule has 2 N–H and O–H groups in total. The number of benzene rings is 1. The third kappa shape index (κ3) is 5.50. The van der Waals surface area contributed by atoms with Crippen LogP contribution in [0.3, 0.4) is 0 Å². The summed E-state index contributed by atoms with van der Waals surface area (Å²) in [5.74, 6) is -3.46. The van der Waals surface area contributed by atoms with Crippen LogP contribution in [0, 0.1) is 17.6 Å². The number of carboxylic acid groups (broad SMARTS) is 1. The average Bonchev–Trinajstić information content (AvgIpc) is 2.51. The van der Waals surface area contributed by atoms with Crippen LogP contribution in [-0.2, 0) is 21.3 Å². The monoisotopic (exact) mass is 407 g/mol. The number of hydrogen-bond acceptors (Lipinski definition) is 3. The van der Waals surface area contributed by atoms with Gasteiger partial charge in [-0.15, -0.1) is 0 Å². The summed E-state index contributed by atoms with van der Waals surface area (Å²) in [6.07, 6.45) is 0.455.